The lowest BCUT2D eigenvalue weighted by Crippen LogP contribution is -2.33. The van der Waals surface area contributed by atoms with Gasteiger partial charge >= 0.3 is 0 Å². The van der Waals surface area contributed by atoms with Gasteiger partial charge in [-0.1, -0.05) is 6.92 Å². The van der Waals surface area contributed by atoms with E-state index in [4.69, 9.17) is 16.3 Å². The smallest absolute Gasteiger partial charge is 0.123 e. The SMILES string of the molecule is CCC(Cl)CNCC1Cc2cc(F)ccc2O1. The van der Waals surface area contributed by atoms with E-state index in [-0.39, 0.29) is 17.3 Å². The van der Waals surface area contributed by atoms with E-state index >= 15 is 0 Å². The summed E-state index contributed by atoms with van der Waals surface area (Å²) < 4.78 is 18.7. The fourth-order valence-corrected chi connectivity index (χ4v) is 2.06. The number of rotatable bonds is 5. The minimum absolute atomic E-state index is 0.0903. The number of alkyl halides is 1. The van der Waals surface area contributed by atoms with Gasteiger partial charge in [0, 0.05) is 30.5 Å². The van der Waals surface area contributed by atoms with Crippen molar-refractivity contribution >= 4 is 11.6 Å². The number of fused-ring (bicyclic) bond motifs is 1. The molecule has 1 aliphatic rings. The minimum Gasteiger partial charge on any atom is -0.488 e. The highest BCUT2D eigenvalue weighted by Crippen LogP contribution is 2.28. The average molecular weight is 258 g/mol. The Bertz CT molecular complexity index is 386. The Balaban J connectivity index is 1.80. The highest BCUT2D eigenvalue weighted by Gasteiger charge is 2.22. The van der Waals surface area contributed by atoms with Crippen LogP contribution in [-0.2, 0) is 6.42 Å². The van der Waals surface area contributed by atoms with Gasteiger partial charge in [-0.25, -0.2) is 4.39 Å². The van der Waals surface area contributed by atoms with Crippen LogP contribution in [0.25, 0.3) is 0 Å². The van der Waals surface area contributed by atoms with E-state index in [1.54, 1.807) is 12.1 Å². The van der Waals surface area contributed by atoms with E-state index in [9.17, 15) is 4.39 Å². The minimum atomic E-state index is -0.201. The molecule has 2 atom stereocenters. The normalized spacial score (nSPS) is 19.8. The van der Waals surface area contributed by atoms with E-state index in [1.165, 1.54) is 6.07 Å². The standard InChI is InChI=1S/C13H17ClFNO/c1-2-10(14)7-16-8-12-6-9-5-11(15)3-4-13(9)17-12/h3-5,10,12,16H,2,6-8H2,1H3. The fourth-order valence-electron chi connectivity index (χ4n) is 1.95. The Kier molecular flexibility index (Phi) is 4.24. The summed E-state index contributed by atoms with van der Waals surface area (Å²) in [6.45, 7) is 3.59. The summed E-state index contributed by atoms with van der Waals surface area (Å²) in [5.74, 6) is 0.601. The van der Waals surface area contributed by atoms with Crippen LogP contribution in [0, 0.1) is 5.82 Å². The van der Waals surface area contributed by atoms with E-state index in [0.717, 1.165) is 37.2 Å². The van der Waals surface area contributed by atoms with Crippen LogP contribution in [0.3, 0.4) is 0 Å². The number of halogens is 2. The molecule has 2 unspecified atom stereocenters. The van der Waals surface area contributed by atoms with Crippen molar-refractivity contribution in [2.24, 2.45) is 0 Å². The Hall–Kier alpha value is -0.800. The van der Waals surface area contributed by atoms with E-state index in [0.29, 0.717) is 0 Å². The van der Waals surface area contributed by atoms with Crippen molar-refractivity contribution in [2.45, 2.75) is 31.2 Å². The van der Waals surface area contributed by atoms with Crippen LogP contribution in [-0.4, -0.2) is 24.6 Å². The van der Waals surface area contributed by atoms with Crippen LogP contribution in [0.15, 0.2) is 18.2 Å². The number of ether oxygens (including phenoxy) is 1. The van der Waals surface area contributed by atoms with Gasteiger partial charge in [-0.05, 0) is 24.6 Å². The summed E-state index contributed by atoms with van der Waals surface area (Å²) in [6, 6.07) is 4.67. The van der Waals surface area contributed by atoms with Gasteiger partial charge in [-0.15, -0.1) is 11.6 Å². The molecule has 4 heteroatoms. The van der Waals surface area contributed by atoms with Crippen LogP contribution in [0.2, 0.25) is 0 Å². The molecule has 1 heterocycles. The zero-order valence-electron chi connectivity index (χ0n) is 9.88. The summed E-state index contributed by atoms with van der Waals surface area (Å²) in [6.07, 6.45) is 1.80. The molecule has 2 nitrogen and oxygen atoms in total. The Morgan fingerprint density at radius 3 is 3.18 bits per heavy atom. The first-order valence-electron chi connectivity index (χ1n) is 5.99. The largest absolute Gasteiger partial charge is 0.488 e. The Labute approximate surface area is 106 Å². The first-order chi connectivity index (χ1) is 8.19. The molecule has 1 aromatic carbocycles. The molecule has 0 saturated carbocycles. The van der Waals surface area contributed by atoms with Crippen LogP contribution >= 0.6 is 11.6 Å². The van der Waals surface area contributed by atoms with Crippen LogP contribution in [0.4, 0.5) is 4.39 Å². The van der Waals surface area contributed by atoms with Crippen molar-refractivity contribution in [3.63, 3.8) is 0 Å². The first kappa shape index (κ1) is 12.7. The second kappa shape index (κ2) is 5.69. The predicted octanol–water partition coefficient (Wildman–Crippen LogP) is 2.74. The van der Waals surface area contributed by atoms with Gasteiger partial charge in [0.25, 0.3) is 0 Å². The van der Waals surface area contributed by atoms with Gasteiger partial charge in [-0.3, -0.25) is 0 Å². The summed E-state index contributed by atoms with van der Waals surface area (Å²) in [7, 11) is 0. The topological polar surface area (TPSA) is 21.3 Å². The zero-order chi connectivity index (χ0) is 12.3. The maximum absolute atomic E-state index is 13.0. The molecule has 1 aromatic rings. The van der Waals surface area contributed by atoms with Crippen LogP contribution in [0.1, 0.15) is 18.9 Å². The van der Waals surface area contributed by atoms with Gasteiger partial charge in [0.1, 0.15) is 17.7 Å². The molecule has 1 aliphatic heterocycles. The van der Waals surface area contributed by atoms with Crippen LogP contribution < -0.4 is 10.1 Å². The Morgan fingerprint density at radius 2 is 2.41 bits per heavy atom. The van der Waals surface area contributed by atoms with E-state index in [1.807, 2.05) is 0 Å². The molecule has 0 amide bonds. The molecule has 0 aromatic heterocycles. The van der Waals surface area contributed by atoms with E-state index < -0.39 is 0 Å². The lowest BCUT2D eigenvalue weighted by Gasteiger charge is -2.13. The lowest BCUT2D eigenvalue weighted by molar-refractivity contribution is 0.228. The first-order valence-corrected chi connectivity index (χ1v) is 6.42. The summed E-state index contributed by atoms with van der Waals surface area (Å²) >= 11 is 6.01. The number of nitrogens with one attached hydrogen (secondary N) is 1. The number of hydrogen-bond acceptors (Lipinski definition) is 2. The van der Waals surface area contributed by atoms with E-state index in [2.05, 4.69) is 12.2 Å². The maximum atomic E-state index is 13.0. The molecular weight excluding hydrogens is 241 g/mol. The highest BCUT2D eigenvalue weighted by atomic mass is 35.5. The average Bonchev–Trinajstić information content (AvgIpc) is 2.70. The molecule has 0 bridgehead atoms. The van der Waals surface area contributed by atoms with Crippen molar-refractivity contribution in [3.8, 4) is 5.75 Å². The zero-order valence-corrected chi connectivity index (χ0v) is 10.6. The molecule has 0 saturated heterocycles. The fraction of sp³-hybridized carbons (Fsp3) is 0.538. The number of hydrogen-bond donors (Lipinski definition) is 1. The quantitative estimate of drug-likeness (QED) is 0.819. The van der Waals surface area contributed by atoms with Crippen molar-refractivity contribution in [2.75, 3.05) is 13.1 Å². The second-order valence-electron chi connectivity index (χ2n) is 4.36. The molecule has 0 fully saturated rings. The lowest BCUT2D eigenvalue weighted by atomic mass is 10.1. The third-order valence-corrected chi connectivity index (χ3v) is 3.41. The molecule has 0 spiro atoms. The van der Waals surface area contributed by atoms with Crippen LogP contribution in [0.5, 0.6) is 5.75 Å². The second-order valence-corrected chi connectivity index (χ2v) is 4.98. The predicted molar refractivity (Wildman–Crippen MR) is 67.3 cm³/mol. The van der Waals surface area contributed by atoms with Crippen molar-refractivity contribution in [1.29, 1.82) is 0 Å². The van der Waals surface area contributed by atoms with Gasteiger partial charge in [0.2, 0.25) is 0 Å². The molecular formula is C13H17ClFNO. The molecule has 94 valence electrons. The van der Waals surface area contributed by atoms with Crippen molar-refractivity contribution in [3.05, 3.63) is 29.6 Å². The molecule has 17 heavy (non-hydrogen) atoms. The monoisotopic (exact) mass is 257 g/mol. The molecule has 1 N–H and O–H groups in total. The summed E-state index contributed by atoms with van der Waals surface area (Å²) in [5, 5.41) is 3.44. The third-order valence-electron chi connectivity index (χ3n) is 2.94. The van der Waals surface area contributed by atoms with Gasteiger partial charge in [0.15, 0.2) is 0 Å². The molecule has 0 aliphatic carbocycles. The Morgan fingerprint density at radius 1 is 1.59 bits per heavy atom. The van der Waals surface area contributed by atoms with Crippen molar-refractivity contribution in [1.82, 2.24) is 5.32 Å². The van der Waals surface area contributed by atoms with Gasteiger partial charge in [0.05, 0.1) is 0 Å². The summed E-state index contributed by atoms with van der Waals surface area (Å²) in [5.41, 5.74) is 0.953. The van der Waals surface area contributed by atoms with Crippen molar-refractivity contribution < 1.29 is 9.13 Å². The highest BCUT2D eigenvalue weighted by molar-refractivity contribution is 6.20. The molecule has 0 radical (unpaired) electrons. The van der Waals surface area contributed by atoms with Gasteiger partial charge < -0.3 is 10.1 Å². The third kappa shape index (κ3) is 3.33. The maximum Gasteiger partial charge on any atom is 0.123 e. The number of benzene rings is 1. The molecule has 2 rings (SSSR count). The van der Waals surface area contributed by atoms with Gasteiger partial charge in [-0.2, -0.15) is 0 Å². The summed E-state index contributed by atoms with van der Waals surface area (Å²) in [4.78, 5) is 0.